The SMILES string of the molecule is C=CCC1(C(=O)OCC)Cc2ccccc2C1.CC. The van der Waals surface area contributed by atoms with Gasteiger partial charge in [-0.15, -0.1) is 6.58 Å². The summed E-state index contributed by atoms with van der Waals surface area (Å²) in [6.45, 7) is 10.1. The first-order valence-electron chi connectivity index (χ1n) is 7.07. The molecule has 104 valence electrons. The summed E-state index contributed by atoms with van der Waals surface area (Å²) < 4.78 is 5.23. The van der Waals surface area contributed by atoms with Crippen molar-refractivity contribution in [1.29, 1.82) is 0 Å². The van der Waals surface area contributed by atoms with Gasteiger partial charge in [-0.25, -0.2) is 0 Å². The largest absolute Gasteiger partial charge is 0.466 e. The molecule has 0 unspecified atom stereocenters. The molecule has 0 fully saturated rings. The van der Waals surface area contributed by atoms with E-state index in [2.05, 4.69) is 18.7 Å². The summed E-state index contributed by atoms with van der Waals surface area (Å²) in [4.78, 5) is 12.2. The van der Waals surface area contributed by atoms with Crippen molar-refractivity contribution in [2.45, 2.75) is 40.0 Å². The second-order valence-electron chi connectivity index (χ2n) is 4.62. The van der Waals surface area contributed by atoms with Crippen molar-refractivity contribution in [2.24, 2.45) is 5.41 Å². The van der Waals surface area contributed by atoms with Gasteiger partial charge in [-0.1, -0.05) is 44.2 Å². The van der Waals surface area contributed by atoms with Gasteiger partial charge < -0.3 is 4.74 Å². The number of allylic oxidation sites excluding steroid dienone is 1. The van der Waals surface area contributed by atoms with Crippen molar-refractivity contribution in [3.63, 3.8) is 0 Å². The van der Waals surface area contributed by atoms with E-state index in [4.69, 9.17) is 4.74 Å². The number of carbonyl (C=O) groups is 1. The average molecular weight is 260 g/mol. The highest BCUT2D eigenvalue weighted by atomic mass is 16.5. The molecule has 0 amide bonds. The molecular formula is C17H24O2. The van der Waals surface area contributed by atoms with Gasteiger partial charge in [0.15, 0.2) is 0 Å². The van der Waals surface area contributed by atoms with Crippen molar-refractivity contribution in [3.8, 4) is 0 Å². The van der Waals surface area contributed by atoms with E-state index in [1.165, 1.54) is 11.1 Å². The van der Waals surface area contributed by atoms with Crippen molar-refractivity contribution < 1.29 is 9.53 Å². The van der Waals surface area contributed by atoms with Gasteiger partial charge in [-0.05, 0) is 37.3 Å². The number of rotatable bonds is 4. The maximum Gasteiger partial charge on any atom is 0.313 e. The second-order valence-corrected chi connectivity index (χ2v) is 4.62. The highest BCUT2D eigenvalue weighted by Crippen LogP contribution is 2.41. The Kier molecular flexibility index (Phi) is 5.81. The molecular weight excluding hydrogens is 236 g/mol. The molecule has 0 heterocycles. The molecule has 0 N–H and O–H groups in total. The highest BCUT2D eigenvalue weighted by Gasteiger charge is 2.43. The molecule has 0 saturated carbocycles. The molecule has 2 nitrogen and oxygen atoms in total. The molecule has 1 aromatic rings. The lowest BCUT2D eigenvalue weighted by molar-refractivity contribution is -0.154. The highest BCUT2D eigenvalue weighted by molar-refractivity contribution is 5.79. The fraction of sp³-hybridized carbons (Fsp3) is 0.471. The van der Waals surface area contributed by atoms with Gasteiger partial charge >= 0.3 is 5.97 Å². The number of fused-ring (bicyclic) bond motifs is 1. The monoisotopic (exact) mass is 260 g/mol. The quantitative estimate of drug-likeness (QED) is 0.605. The maximum atomic E-state index is 12.2. The van der Waals surface area contributed by atoms with Crippen LogP contribution in [0.5, 0.6) is 0 Å². The van der Waals surface area contributed by atoms with Crippen LogP contribution in [0.25, 0.3) is 0 Å². The van der Waals surface area contributed by atoms with E-state index in [9.17, 15) is 4.79 Å². The van der Waals surface area contributed by atoms with E-state index in [-0.39, 0.29) is 5.97 Å². The summed E-state index contributed by atoms with van der Waals surface area (Å²) in [5.74, 6) is -0.0869. The van der Waals surface area contributed by atoms with Crippen LogP contribution in [0.1, 0.15) is 38.3 Å². The Morgan fingerprint density at radius 2 is 1.84 bits per heavy atom. The Balaban J connectivity index is 0.000000861. The lowest BCUT2D eigenvalue weighted by Gasteiger charge is -2.24. The van der Waals surface area contributed by atoms with Crippen LogP contribution >= 0.6 is 0 Å². The third kappa shape index (κ3) is 3.25. The summed E-state index contributed by atoms with van der Waals surface area (Å²) in [5, 5.41) is 0. The molecule has 0 atom stereocenters. The van der Waals surface area contributed by atoms with E-state index in [1.807, 2.05) is 39.0 Å². The molecule has 19 heavy (non-hydrogen) atoms. The molecule has 0 aromatic heterocycles. The predicted molar refractivity (Wildman–Crippen MR) is 79.1 cm³/mol. The van der Waals surface area contributed by atoms with Crippen molar-refractivity contribution in [2.75, 3.05) is 6.61 Å². The van der Waals surface area contributed by atoms with E-state index >= 15 is 0 Å². The molecule has 2 rings (SSSR count). The number of hydrogen-bond acceptors (Lipinski definition) is 2. The summed E-state index contributed by atoms with van der Waals surface area (Å²) in [6.07, 6.45) is 4.05. The van der Waals surface area contributed by atoms with Crippen LogP contribution in [-0.2, 0) is 22.4 Å². The Morgan fingerprint density at radius 3 is 2.26 bits per heavy atom. The van der Waals surface area contributed by atoms with Crippen LogP contribution in [0.2, 0.25) is 0 Å². The summed E-state index contributed by atoms with van der Waals surface area (Å²) >= 11 is 0. The van der Waals surface area contributed by atoms with Gasteiger partial charge in [0.05, 0.1) is 12.0 Å². The van der Waals surface area contributed by atoms with Crippen LogP contribution in [0, 0.1) is 5.41 Å². The third-order valence-corrected chi connectivity index (χ3v) is 3.42. The van der Waals surface area contributed by atoms with E-state index < -0.39 is 5.41 Å². The molecule has 1 aliphatic carbocycles. The first-order chi connectivity index (χ1) is 9.22. The molecule has 0 aliphatic heterocycles. The van der Waals surface area contributed by atoms with Gasteiger partial charge in [-0.3, -0.25) is 4.79 Å². The predicted octanol–water partition coefficient (Wildman–Crippen LogP) is 3.94. The molecule has 1 aliphatic rings. The van der Waals surface area contributed by atoms with Crippen molar-refractivity contribution >= 4 is 5.97 Å². The smallest absolute Gasteiger partial charge is 0.313 e. The zero-order chi connectivity index (χ0) is 14.3. The normalized spacial score (nSPS) is 14.9. The summed E-state index contributed by atoms with van der Waals surface area (Å²) in [5.41, 5.74) is 2.12. The Labute approximate surface area is 116 Å². The van der Waals surface area contributed by atoms with Crippen LogP contribution < -0.4 is 0 Å². The van der Waals surface area contributed by atoms with E-state index in [0.29, 0.717) is 13.0 Å². The number of hydrogen-bond donors (Lipinski definition) is 0. The third-order valence-electron chi connectivity index (χ3n) is 3.42. The first kappa shape index (κ1) is 15.5. The average Bonchev–Trinajstić information content (AvgIpc) is 2.81. The molecule has 0 radical (unpaired) electrons. The fourth-order valence-corrected chi connectivity index (χ4v) is 2.63. The Morgan fingerprint density at radius 1 is 1.32 bits per heavy atom. The summed E-state index contributed by atoms with van der Waals surface area (Å²) in [6, 6.07) is 8.24. The zero-order valence-corrected chi connectivity index (χ0v) is 12.2. The van der Waals surface area contributed by atoms with Gasteiger partial charge in [0.25, 0.3) is 0 Å². The van der Waals surface area contributed by atoms with Crippen LogP contribution in [0.15, 0.2) is 36.9 Å². The van der Waals surface area contributed by atoms with Gasteiger partial charge in [0.2, 0.25) is 0 Å². The van der Waals surface area contributed by atoms with E-state index in [1.54, 1.807) is 0 Å². The molecule has 0 saturated heterocycles. The number of ether oxygens (including phenoxy) is 1. The lowest BCUT2D eigenvalue weighted by atomic mass is 9.81. The molecule has 1 aromatic carbocycles. The Hall–Kier alpha value is -1.57. The minimum atomic E-state index is -0.415. The van der Waals surface area contributed by atoms with Crippen LogP contribution in [-0.4, -0.2) is 12.6 Å². The van der Waals surface area contributed by atoms with Crippen molar-refractivity contribution in [3.05, 3.63) is 48.0 Å². The Bertz CT molecular complexity index is 410. The number of esters is 1. The topological polar surface area (TPSA) is 26.3 Å². The number of carbonyl (C=O) groups excluding carboxylic acids is 1. The van der Waals surface area contributed by atoms with Crippen LogP contribution in [0.4, 0.5) is 0 Å². The van der Waals surface area contributed by atoms with Gasteiger partial charge in [0, 0.05) is 0 Å². The zero-order valence-electron chi connectivity index (χ0n) is 12.2. The fourth-order valence-electron chi connectivity index (χ4n) is 2.63. The molecule has 2 heteroatoms. The second kappa shape index (κ2) is 7.13. The van der Waals surface area contributed by atoms with E-state index in [0.717, 1.165) is 12.8 Å². The first-order valence-corrected chi connectivity index (χ1v) is 7.07. The molecule has 0 spiro atoms. The van der Waals surface area contributed by atoms with Gasteiger partial charge in [0.1, 0.15) is 0 Å². The summed E-state index contributed by atoms with van der Waals surface area (Å²) in [7, 11) is 0. The lowest BCUT2D eigenvalue weighted by Crippen LogP contribution is -2.33. The standard InChI is InChI=1S/C15H18O2.C2H6/c1-3-9-15(14(16)17-4-2)10-12-7-5-6-8-13(12)11-15;1-2/h3,5-8H,1,4,9-11H2,2H3;1-2H3. The van der Waals surface area contributed by atoms with Crippen LogP contribution in [0.3, 0.4) is 0 Å². The van der Waals surface area contributed by atoms with Gasteiger partial charge in [-0.2, -0.15) is 0 Å². The maximum absolute atomic E-state index is 12.2. The minimum absolute atomic E-state index is 0.0869. The number of benzene rings is 1. The molecule has 0 bridgehead atoms. The minimum Gasteiger partial charge on any atom is -0.466 e. The van der Waals surface area contributed by atoms with Crippen molar-refractivity contribution in [1.82, 2.24) is 0 Å².